The van der Waals surface area contributed by atoms with Crippen LogP contribution in [-0.2, 0) is 27.2 Å². The van der Waals surface area contributed by atoms with Crippen molar-refractivity contribution in [1.29, 1.82) is 0 Å². The Morgan fingerprint density at radius 2 is 1.75 bits per heavy atom. The van der Waals surface area contributed by atoms with Crippen LogP contribution in [0.5, 0.6) is 5.88 Å². The summed E-state index contributed by atoms with van der Waals surface area (Å²) >= 11 is 0. The summed E-state index contributed by atoms with van der Waals surface area (Å²) in [6, 6.07) is 5.05. The lowest BCUT2D eigenvalue weighted by Gasteiger charge is -2.28. The van der Waals surface area contributed by atoms with Crippen molar-refractivity contribution in [1.82, 2.24) is 14.0 Å². The molecule has 2 aliphatic rings. The fraction of sp³-hybridized carbons (Fsp3) is 0.560. The second kappa shape index (κ2) is 10.4. The van der Waals surface area contributed by atoms with E-state index in [1.807, 2.05) is 0 Å². The highest BCUT2D eigenvalue weighted by Gasteiger charge is 2.42. The maximum absolute atomic E-state index is 13.2. The van der Waals surface area contributed by atoms with Gasteiger partial charge in [0, 0.05) is 25.6 Å². The van der Waals surface area contributed by atoms with Crippen LogP contribution in [0.2, 0.25) is 0 Å². The molecule has 0 atom stereocenters. The number of alkyl halides is 3. The molecule has 1 aliphatic carbocycles. The number of nitrogens with zero attached hydrogens (tertiary/aromatic N) is 3. The molecule has 11 heteroatoms. The second-order valence-electron chi connectivity index (χ2n) is 9.54. The summed E-state index contributed by atoms with van der Waals surface area (Å²) in [7, 11) is 1.37. The van der Waals surface area contributed by atoms with E-state index in [2.05, 4.69) is 0 Å². The highest BCUT2D eigenvalue weighted by Crippen LogP contribution is 2.36. The van der Waals surface area contributed by atoms with Crippen molar-refractivity contribution in [3.63, 3.8) is 0 Å². The molecule has 196 valence electrons. The van der Waals surface area contributed by atoms with Crippen molar-refractivity contribution in [2.45, 2.75) is 63.6 Å². The largest absolute Gasteiger partial charge is 0.493 e. The van der Waals surface area contributed by atoms with Crippen LogP contribution >= 0.6 is 0 Å². The minimum absolute atomic E-state index is 0.0237. The highest BCUT2D eigenvalue weighted by atomic mass is 19.4. The first-order chi connectivity index (χ1) is 17.1. The van der Waals surface area contributed by atoms with Gasteiger partial charge in [0.25, 0.3) is 0 Å². The number of hydrogen-bond donors (Lipinski definition) is 1. The number of carbonyl (C=O) groups excluding carboxylic acids is 2. The Bertz CT molecular complexity index is 1180. The van der Waals surface area contributed by atoms with E-state index in [9.17, 15) is 32.7 Å². The monoisotopic (exact) mass is 509 g/mol. The number of carbonyl (C=O) groups is 2. The molecule has 1 amide bonds. The van der Waals surface area contributed by atoms with Crippen LogP contribution in [0.1, 0.15) is 55.7 Å². The van der Waals surface area contributed by atoms with Crippen LogP contribution in [0.3, 0.4) is 0 Å². The molecule has 0 radical (unpaired) electrons. The van der Waals surface area contributed by atoms with Gasteiger partial charge >= 0.3 is 23.7 Å². The third-order valence-electron chi connectivity index (χ3n) is 7.37. The third-order valence-corrected chi connectivity index (χ3v) is 7.37. The van der Waals surface area contributed by atoms with Crippen molar-refractivity contribution < 1.29 is 32.6 Å². The van der Waals surface area contributed by atoms with Crippen LogP contribution in [0.15, 0.2) is 29.2 Å². The van der Waals surface area contributed by atoms with Crippen LogP contribution in [0.4, 0.5) is 13.2 Å². The van der Waals surface area contributed by atoms with E-state index in [1.165, 1.54) is 22.4 Å². The molecule has 2 aromatic rings. The Hall–Kier alpha value is -3.24. The van der Waals surface area contributed by atoms with Gasteiger partial charge in [-0.2, -0.15) is 13.2 Å². The number of ether oxygens (including phenoxy) is 1. The van der Waals surface area contributed by atoms with Crippen molar-refractivity contribution in [3.05, 3.63) is 46.0 Å². The molecule has 0 saturated heterocycles. The molecule has 1 fully saturated rings. The lowest BCUT2D eigenvalue weighted by molar-refractivity contribution is -0.185. The SMILES string of the molecule is COC(=O)CCC1CCC(n2c(O)cn(-c3ccc4c(c3)CCN(C(=O)C(F)(F)F)CC4)c2=O)CC1. The molecule has 1 saturated carbocycles. The van der Waals surface area contributed by atoms with Crippen LogP contribution in [0, 0.1) is 5.92 Å². The maximum atomic E-state index is 13.2. The van der Waals surface area contributed by atoms with Gasteiger partial charge < -0.3 is 14.7 Å². The quantitative estimate of drug-likeness (QED) is 0.623. The number of amides is 1. The summed E-state index contributed by atoms with van der Waals surface area (Å²) in [5.74, 6) is -1.85. The number of halogens is 3. The lowest BCUT2D eigenvalue weighted by Crippen LogP contribution is -2.42. The van der Waals surface area contributed by atoms with E-state index in [1.54, 1.807) is 18.2 Å². The van der Waals surface area contributed by atoms with E-state index in [0.717, 1.165) is 35.3 Å². The second-order valence-corrected chi connectivity index (χ2v) is 9.54. The minimum Gasteiger partial charge on any atom is -0.493 e. The average Bonchev–Trinajstić information content (AvgIpc) is 3.02. The summed E-state index contributed by atoms with van der Waals surface area (Å²) in [5.41, 5.74) is 1.73. The summed E-state index contributed by atoms with van der Waals surface area (Å²) < 4.78 is 46.0. The minimum atomic E-state index is -4.91. The molecule has 2 heterocycles. The number of fused-ring (bicyclic) bond motifs is 1. The topological polar surface area (TPSA) is 93.8 Å². The zero-order chi connectivity index (χ0) is 26.0. The first-order valence-corrected chi connectivity index (χ1v) is 12.2. The van der Waals surface area contributed by atoms with E-state index in [4.69, 9.17) is 4.74 Å². The molecular weight excluding hydrogens is 479 g/mol. The fourth-order valence-electron chi connectivity index (χ4n) is 5.33. The molecule has 36 heavy (non-hydrogen) atoms. The van der Waals surface area contributed by atoms with Gasteiger partial charge in [0.2, 0.25) is 5.88 Å². The lowest BCUT2D eigenvalue weighted by atomic mass is 9.83. The Labute approximate surface area is 206 Å². The number of esters is 1. The third kappa shape index (κ3) is 5.44. The average molecular weight is 510 g/mol. The highest BCUT2D eigenvalue weighted by molar-refractivity contribution is 5.82. The van der Waals surface area contributed by atoms with Crippen molar-refractivity contribution in [2.24, 2.45) is 5.92 Å². The van der Waals surface area contributed by atoms with E-state index < -0.39 is 12.1 Å². The van der Waals surface area contributed by atoms with Gasteiger partial charge in [-0.15, -0.1) is 0 Å². The molecule has 1 aliphatic heterocycles. The molecule has 1 N–H and O–H groups in total. The standard InChI is InChI=1S/C25H30F3N3O5/c1-36-22(33)9-4-16-2-6-19(7-3-16)31-21(32)15-30(24(31)35)20-8-5-17-10-12-29(13-11-18(17)14-20)23(34)25(26,27)28/h5,8,14-16,19,32H,2-4,6-7,9-13H2,1H3. The number of rotatable bonds is 5. The molecular formula is C25H30F3N3O5. The van der Waals surface area contributed by atoms with Gasteiger partial charge in [-0.05, 0) is 74.1 Å². The van der Waals surface area contributed by atoms with Gasteiger partial charge in [-0.3, -0.25) is 18.7 Å². The van der Waals surface area contributed by atoms with Gasteiger partial charge in [0.15, 0.2) is 0 Å². The first kappa shape index (κ1) is 25.8. The van der Waals surface area contributed by atoms with E-state index >= 15 is 0 Å². The maximum Gasteiger partial charge on any atom is 0.471 e. The molecule has 1 aromatic heterocycles. The van der Waals surface area contributed by atoms with Gasteiger partial charge in [0.1, 0.15) is 0 Å². The van der Waals surface area contributed by atoms with Crippen LogP contribution < -0.4 is 5.69 Å². The number of hydrogen-bond acceptors (Lipinski definition) is 5. The number of imidazole rings is 1. The zero-order valence-corrected chi connectivity index (χ0v) is 20.1. The molecule has 0 bridgehead atoms. The first-order valence-electron chi connectivity index (χ1n) is 12.2. The summed E-state index contributed by atoms with van der Waals surface area (Å²) in [6.07, 6.45) is 1.18. The zero-order valence-electron chi connectivity index (χ0n) is 20.1. The van der Waals surface area contributed by atoms with Gasteiger partial charge in [0.05, 0.1) is 19.0 Å². The summed E-state index contributed by atoms with van der Waals surface area (Å²) in [5, 5.41) is 10.6. The fourth-order valence-corrected chi connectivity index (χ4v) is 5.33. The van der Waals surface area contributed by atoms with E-state index in [0.29, 0.717) is 30.9 Å². The smallest absolute Gasteiger partial charge is 0.471 e. The number of methoxy groups -OCH3 is 1. The van der Waals surface area contributed by atoms with Crippen molar-refractivity contribution in [2.75, 3.05) is 20.2 Å². The number of aromatic hydroxyl groups is 1. The Kier molecular flexibility index (Phi) is 7.46. The molecule has 4 rings (SSSR count). The van der Waals surface area contributed by atoms with Crippen LogP contribution in [-0.4, -0.2) is 57.4 Å². The molecule has 1 aromatic carbocycles. The van der Waals surface area contributed by atoms with Crippen LogP contribution in [0.25, 0.3) is 5.69 Å². The Morgan fingerprint density at radius 1 is 1.08 bits per heavy atom. The predicted molar refractivity (Wildman–Crippen MR) is 124 cm³/mol. The number of benzene rings is 1. The van der Waals surface area contributed by atoms with E-state index in [-0.39, 0.29) is 49.5 Å². The molecule has 8 nitrogen and oxygen atoms in total. The van der Waals surface area contributed by atoms with Gasteiger partial charge in [-0.1, -0.05) is 6.07 Å². The van der Waals surface area contributed by atoms with Crippen molar-refractivity contribution >= 4 is 11.9 Å². The number of aromatic nitrogens is 2. The van der Waals surface area contributed by atoms with Gasteiger partial charge in [-0.25, -0.2) is 4.79 Å². The predicted octanol–water partition coefficient (Wildman–Crippen LogP) is 3.52. The van der Waals surface area contributed by atoms with Crippen molar-refractivity contribution in [3.8, 4) is 11.6 Å². The summed E-state index contributed by atoms with van der Waals surface area (Å²) in [4.78, 5) is 37.1. The Morgan fingerprint density at radius 3 is 2.39 bits per heavy atom. The Balaban J connectivity index is 1.47. The molecule has 0 spiro atoms. The molecule has 0 unspecified atom stereocenters. The summed E-state index contributed by atoms with van der Waals surface area (Å²) in [6.45, 7) is -0.0840. The normalized spacial score (nSPS) is 20.5.